The fraction of sp³-hybridized carbons (Fsp3) is 0.312. The summed E-state index contributed by atoms with van der Waals surface area (Å²) in [6, 6.07) is 6.82. The maximum absolute atomic E-state index is 12.3. The Labute approximate surface area is 143 Å². The molecule has 0 radical (unpaired) electrons. The number of nitrogens with one attached hydrogen (secondary N) is 2. The van der Waals surface area contributed by atoms with E-state index in [4.69, 9.17) is 11.6 Å². The molecule has 0 unspecified atom stereocenters. The third kappa shape index (κ3) is 3.89. The number of carbonyl (C=O) groups excluding carboxylic acids is 2. The highest BCUT2D eigenvalue weighted by molar-refractivity contribution is 7.13. The van der Waals surface area contributed by atoms with Crippen LogP contribution in [0.15, 0.2) is 29.6 Å². The average Bonchev–Trinajstić information content (AvgIpc) is 2.95. The van der Waals surface area contributed by atoms with Crippen molar-refractivity contribution in [1.82, 2.24) is 15.6 Å². The van der Waals surface area contributed by atoms with Gasteiger partial charge < -0.3 is 10.6 Å². The predicted octanol–water partition coefficient (Wildman–Crippen LogP) is 2.86. The zero-order valence-corrected chi connectivity index (χ0v) is 13.9. The van der Waals surface area contributed by atoms with Crippen molar-refractivity contribution >= 4 is 34.8 Å². The number of hydrogen-bond acceptors (Lipinski definition) is 4. The van der Waals surface area contributed by atoms with Gasteiger partial charge in [-0.3, -0.25) is 9.59 Å². The Balaban J connectivity index is 1.70. The van der Waals surface area contributed by atoms with E-state index >= 15 is 0 Å². The van der Waals surface area contributed by atoms with E-state index in [1.165, 1.54) is 11.3 Å². The van der Waals surface area contributed by atoms with E-state index in [1.54, 1.807) is 17.5 Å². The first-order chi connectivity index (χ1) is 11.1. The molecule has 2 aromatic rings. The summed E-state index contributed by atoms with van der Waals surface area (Å²) in [6.45, 7) is 0.669. The predicted molar refractivity (Wildman–Crippen MR) is 90.7 cm³/mol. The van der Waals surface area contributed by atoms with E-state index in [0.717, 1.165) is 23.4 Å². The molecule has 0 aliphatic carbocycles. The van der Waals surface area contributed by atoms with Crippen LogP contribution in [0, 0.1) is 0 Å². The molecule has 5 nitrogen and oxygen atoms in total. The normalized spacial score (nSPS) is 18.1. The SMILES string of the molecule is O=C(N[C@H]1CCCCNC1=O)c1csc(-c2ccc(Cl)cc2)n1. The molecule has 120 valence electrons. The van der Waals surface area contributed by atoms with E-state index in [2.05, 4.69) is 15.6 Å². The van der Waals surface area contributed by atoms with Crippen LogP contribution in [0.1, 0.15) is 29.8 Å². The van der Waals surface area contributed by atoms with Gasteiger partial charge in [0.1, 0.15) is 16.7 Å². The van der Waals surface area contributed by atoms with Crippen LogP contribution in [-0.2, 0) is 4.79 Å². The Morgan fingerprint density at radius 1 is 1.30 bits per heavy atom. The minimum atomic E-state index is -0.481. The second-order valence-corrected chi connectivity index (χ2v) is 6.65. The largest absolute Gasteiger partial charge is 0.354 e. The van der Waals surface area contributed by atoms with Crippen LogP contribution in [0.4, 0.5) is 0 Å². The van der Waals surface area contributed by atoms with Crippen LogP contribution in [0.5, 0.6) is 0 Å². The summed E-state index contributed by atoms with van der Waals surface area (Å²) >= 11 is 7.26. The van der Waals surface area contributed by atoms with Crippen LogP contribution < -0.4 is 10.6 Å². The number of halogens is 1. The summed E-state index contributed by atoms with van der Waals surface area (Å²) in [6.07, 6.45) is 2.51. The van der Waals surface area contributed by atoms with E-state index in [-0.39, 0.29) is 11.8 Å². The number of hydrogen-bond donors (Lipinski definition) is 2. The molecule has 1 saturated heterocycles. The zero-order chi connectivity index (χ0) is 16.2. The summed E-state index contributed by atoms with van der Waals surface area (Å²) in [4.78, 5) is 28.5. The van der Waals surface area contributed by atoms with Gasteiger partial charge >= 0.3 is 0 Å². The van der Waals surface area contributed by atoms with Crippen molar-refractivity contribution in [3.05, 3.63) is 40.4 Å². The van der Waals surface area contributed by atoms with E-state index in [9.17, 15) is 9.59 Å². The lowest BCUT2D eigenvalue weighted by molar-refractivity contribution is -0.122. The Kier molecular flexibility index (Phi) is 4.93. The monoisotopic (exact) mass is 349 g/mol. The number of benzene rings is 1. The molecule has 0 spiro atoms. The molecule has 1 aromatic carbocycles. The minimum absolute atomic E-state index is 0.121. The third-order valence-electron chi connectivity index (χ3n) is 3.67. The summed E-state index contributed by atoms with van der Waals surface area (Å²) in [5.41, 5.74) is 1.24. The highest BCUT2D eigenvalue weighted by Crippen LogP contribution is 2.25. The fourth-order valence-corrected chi connectivity index (χ4v) is 3.34. The second kappa shape index (κ2) is 7.10. The topological polar surface area (TPSA) is 71.1 Å². The van der Waals surface area contributed by atoms with Gasteiger partial charge in [-0.05, 0) is 31.4 Å². The van der Waals surface area contributed by atoms with E-state index < -0.39 is 6.04 Å². The van der Waals surface area contributed by atoms with Gasteiger partial charge in [0, 0.05) is 22.5 Å². The molecule has 1 aliphatic heterocycles. The van der Waals surface area contributed by atoms with Crippen LogP contribution in [0.25, 0.3) is 10.6 Å². The number of thiazole rings is 1. The molecular formula is C16H16ClN3O2S. The zero-order valence-electron chi connectivity index (χ0n) is 12.3. The Bertz CT molecular complexity index is 714. The Hall–Kier alpha value is -1.92. The van der Waals surface area contributed by atoms with Gasteiger partial charge in [-0.1, -0.05) is 23.7 Å². The summed E-state index contributed by atoms with van der Waals surface area (Å²) < 4.78 is 0. The van der Waals surface area contributed by atoms with Gasteiger partial charge in [0.15, 0.2) is 0 Å². The molecule has 2 heterocycles. The summed E-state index contributed by atoms with van der Waals surface area (Å²) in [5, 5.41) is 8.68. The molecule has 2 N–H and O–H groups in total. The van der Waals surface area contributed by atoms with Crippen molar-refractivity contribution in [3.8, 4) is 10.6 Å². The molecule has 2 amide bonds. The highest BCUT2D eigenvalue weighted by Gasteiger charge is 2.23. The van der Waals surface area contributed by atoms with Crippen molar-refractivity contribution in [3.63, 3.8) is 0 Å². The molecule has 3 rings (SSSR count). The first-order valence-corrected chi connectivity index (χ1v) is 8.69. The lowest BCUT2D eigenvalue weighted by atomic mass is 10.1. The molecule has 1 aliphatic rings. The molecular weight excluding hydrogens is 334 g/mol. The van der Waals surface area contributed by atoms with Gasteiger partial charge in [0.2, 0.25) is 5.91 Å². The number of aromatic nitrogens is 1. The van der Waals surface area contributed by atoms with Crippen molar-refractivity contribution in [1.29, 1.82) is 0 Å². The number of amides is 2. The smallest absolute Gasteiger partial charge is 0.271 e. The van der Waals surface area contributed by atoms with Gasteiger partial charge in [0.05, 0.1) is 0 Å². The van der Waals surface area contributed by atoms with Crippen molar-refractivity contribution in [2.45, 2.75) is 25.3 Å². The molecule has 1 atom stereocenters. The van der Waals surface area contributed by atoms with Crippen LogP contribution in [-0.4, -0.2) is 29.4 Å². The van der Waals surface area contributed by atoms with Crippen molar-refractivity contribution in [2.24, 2.45) is 0 Å². The maximum atomic E-state index is 12.3. The van der Waals surface area contributed by atoms with E-state index in [0.29, 0.717) is 23.7 Å². The van der Waals surface area contributed by atoms with Crippen LogP contribution in [0.2, 0.25) is 5.02 Å². The van der Waals surface area contributed by atoms with Gasteiger partial charge in [0.25, 0.3) is 5.91 Å². The molecule has 0 bridgehead atoms. The van der Waals surface area contributed by atoms with Crippen LogP contribution >= 0.6 is 22.9 Å². The highest BCUT2D eigenvalue weighted by atomic mass is 35.5. The first-order valence-electron chi connectivity index (χ1n) is 7.43. The van der Waals surface area contributed by atoms with Crippen LogP contribution in [0.3, 0.4) is 0 Å². The second-order valence-electron chi connectivity index (χ2n) is 5.36. The standard InChI is InChI=1S/C16H16ClN3O2S/c17-11-6-4-10(5-7-11)16-20-13(9-23-16)15(22)19-12-3-1-2-8-18-14(12)21/h4-7,9,12H,1-3,8H2,(H,18,21)(H,19,22)/t12-/m0/s1. The van der Waals surface area contributed by atoms with Gasteiger partial charge in [-0.25, -0.2) is 4.98 Å². The Morgan fingerprint density at radius 2 is 2.09 bits per heavy atom. The Morgan fingerprint density at radius 3 is 2.87 bits per heavy atom. The first kappa shape index (κ1) is 16.0. The number of carbonyl (C=O) groups is 2. The number of rotatable bonds is 3. The summed E-state index contributed by atoms with van der Waals surface area (Å²) in [7, 11) is 0. The third-order valence-corrected chi connectivity index (χ3v) is 4.81. The molecule has 1 aromatic heterocycles. The molecule has 7 heteroatoms. The lowest BCUT2D eigenvalue weighted by Gasteiger charge is -2.14. The molecule has 23 heavy (non-hydrogen) atoms. The molecule has 0 saturated carbocycles. The minimum Gasteiger partial charge on any atom is -0.354 e. The van der Waals surface area contributed by atoms with Crippen molar-refractivity contribution in [2.75, 3.05) is 6.54 Å². The summed E-state index contributed by atoms with van der Waals surface area (Å²) in [5.74, 6) is -0.437. The van der Waals surface area contributed by atoms with Gasteiger partial charge in [-0.15, -0.1) is 11.3 Å². The fourth-order valence-electron chi connectivity index (χ4n) is 2.41. The van der Waals surface area contributed by atoms with Crippen molar-refractivity contribution < 1.29 is 9.59 Å². The molecule has 1 fully saturated rings. The quantitative estimate of drug-likeness (QED) is 0.895. The van der Waals surface area contributed by atoms with E-state index in [1.807, 2.05) is 12.1 Å². The average molecular weight is 350 g/mol. The lowest BCUT2D eigenvalue weighted by Crippen LogP contribution is -2.45. The maximum Gasteiger partial charge on any atom is 0.271 e. The van der Waals surface area contributed by atoms with Gasteiger partial charge in [-0.2, -0.15) is 0 Å². The number of nitrogens with zero attached hydrogens (tertiary/aromatic N) is 1.